The quantitative estimate of drug-likeness (QED) is 0.578. The van der Waals surface area contributed by atoms with Gasteiger partial charge in [0.25, 0.3) is 0 Å². The summed E-state index contributed by atoms with van der Waals surface area (Å²) in [7, 11) is 1.70. The number of aliphatic imine (C=N–C) groups is 1. The van der Waals surface area contributed by atoms with Crippen LogP contribution in [0.15, 0.2) is 47.5 Å². The Bertz CT molecular complexity index is 886. The molecule has 7 nitrogen and oxygen atoms in total. The minimum absolute atomic E-state index is 0.122. The lowest BCUT2D eigenvalue weighted by Gasteiger charge is -2.29. The molecule has 2 aromatic carbocycles. The number of nitrogens with one attached hydrogen (secondary N) is 2. The average molecular weight is 414 g/mol. The van der Waals surface area contributed by atoms with Crippen molar-refractivity contribution >= 4 is 11.6 Å². The van der Waals surface area contributed by atoms with E-state index in [0.29, 0.717) is 57.6 Å². The van der Waals surface area contributed by atoms with Gasteiger partial charge in [0.2, 0.25) is 0 Å². The molecule has 30 heavy (non-hydrogen) atoms. The fourth-order valence-electron chi connectivity index (χ4n) is 3.50. The minimum atomic E-state index is -0.217. The molecule has 2 N–H and O–H groups in total. The van der Waals surface area contributed by atoms with Crippen LogP contribution in [0, 0.1) is 5.82 Å². The molecule has 0 amide bonds. The van der Waals surface area contributed by atoms with Gasteiger partial charge in [-0.25, -0.2) is 4.39 Å². The Morgan fingerprint density at radius 2 is 1.93 bits per heavy atom. The molecule has 2 aliphatic rings. The van der Waals surface area contributed by atoms with Crippen LogP contribution in [0.25, 0.3) is 0 Å². The molecule has 160 valence electrons. The maximum absolute atomic E-state index is 14.6. The molecule has 0 saturated carbocycles. The lowest BCUT2D eigenvalue weighted by Crippen LogP contribution is -2.45. The standard InChI is InChI=1S/C22H27FN4O3/c1-24-22(26-14-17-15-29-20-4-2-3-5-21(20)30-17)25-13-16-6-7-19(18(23)12-16)27-8-10-28-11-9-27/h2-7,12,17H,8-11,13-15H2,1H3,(H2,24,25,26). The number of hydrogen-bond donors (Lipinski definition) is 2. The van der Waals surface area contributed by atoms with Gasteiger partial charge in [-0.3, -0.25) is 4.99 Å². The van der Waals surface area contributed by atoms with Crippen molar-refractivity contribution in [3.05, 3.63) is 53.8 Å². The largest absolute Gasteiger partial charge is 0.486 e. The fourth-order valence-corrected chi connectivity index (χ4v) is 3.50. The summed E-state index contributed by atoms with van der Waals surface area (Å²) in [5.41, 5.74) is 1.47. The van der Waals surface area contributed by atoms with Crippen LogP contribution in [0.5, 0.6) is 11.5 Å². The molecule has 2 aliphatic heterocycles. The maximum Gasteiger partial charge on any atom is 0.191 e. The van der Waals surface area contributed by atoms with E-state index < -0.39 is 0 Å². The summed E-state index contributed by atoms with van der Waals surface area (Å²) in [5, 5.41) is 6.45. The predicted molar refractivity (Wildman–Crippen MR) is 114 cm³/mol. The first kappa shape index (κ1) is 20.3. The van der Waals surface area contributed by atoms with Crippen molar-refractivity contribution in [3.63, 3.8) is 0 Å². The summed E-state index contributed by atoms with van der Waals surface area (Å²) < 4.78 is 31.6. The third-order valence-electron chi connectivity index (χ3n) is 5.11. The molecule has 1 saturated heterocycles. The molecule has 2 heterocycles. The zero-order chi connectivity index (χ0) is 20.8. The number of halogens is 1. The molecule has 1 atom stereocenters. The SMILES string of the molecule is CN=C(NCc1ccc(N2CCOCC2)c(F)c1)NCC1COc2ccccc2O1. The van der Waals surface area contributed by atoms with Gasteiger partial charge in [0, 0.05) is 26.7 Å². The van der Waals surface area contributed by atoms with Crippen LogP contribution in [0.1, 0.15) is 5.56 Å². The highest BCUT2D eigenvalue weighted by molar-refractivity contribution is 5.79. The second-order valence-corrected chi connectivity index (χ2v) is 7.19. The van der Waals surface area contributed by atoms with Crippen LogP contribution in [-0.4, -0.2) is 58.6 Å². The number of morpholine rings is 1. The molecule has 0 spiro atoms. The van der Waals surface area contributed by atoms with Crippen molar-refractivity contribution in [2.45, 2.75) is 12.6 Å². The topological polar surface area (TPSA) is 67.4 Å². The van der Waals surface area contributed by atoms with E-state index in [-0.39, 0.29) is 11.9 Å². The fraction of sp³-hybridized carbons (Fsp3) is 0.409. The Morgan fingerprint density at radius 3 is 2.70 bits per heavy atom. The van der Waals surface area contributed by atoms with Gasteiger partial charge in [-0.05, 0) is 29.8 Å². The molecule has 0 aliphatic carbocycles. The lowest BCUT2D eigenvalue weighted by atomic mass is 10.1. The van der Waals surface area contributed by atoms with Gasteiger partial charge in [-0.1, -0.05) is 18.2 Å². The molecule has 1 fully saturated rings. The second-order valence-electron chi connectivity index (χ2n) is 7.19. The van der Waals surface area contributed by atoms with Crippen LogP contribution in [0.4, 0.5) is 10.1 Å². The highest BCUT2D eigenvalue weighted by atomic mass is 19.1. The number of anilines is 1. The Labute approximate surface area is 175 Å². The molecular weight excluding hydrogens is 387 g/mol. The molecule has 0 aromatic heterocycles. The van der Waals surface area contributed by atoms with Gasteiger partial charge in [-0.2, -0.15) is 0 Å². The summed E-state index contributed by atoms with van der Waals surface area (Å²) in [6.07, 6.45) is -0.122. The molecule has 2 aromatic rings. The number of fused-ring (bicyclic) bond motifs is 1. The Kier molecular flexibility index (Phi) is 6.53. The van der Waals surface area contributed by atoms with Crippen molar-refractivity contribution in [2.24, 2.45) is 4.99 Å². The Morgan fingerprint density at radius 1 is 1.13 bits per heavy atom. The molecule has 8 heteroatoms. The summed E-state index contributed by atoms with van der Waals surface area (Å²) in [6, 6.07) is 13.0. The first-order chi connectivity index (χ1) is 14.7. The normalized spacial score (nSPS) is 18.8. The van der Waals surface area contributed by atoms with Crippen LogP contribution in [-0.2, 0) is 11.3 Å². The number of nitrogens with zero attached hydrogens (tertiary/aromatic N) is 2. The number of hydrogen-bond acceptors (Lipinski definition) is 5. The van der Waals surface area contributed by atoms with Crippen molar-refractivity contribution in [1.82, 2.24) is 10.6 Å². The zero-order valence-corrected chi connectivity index (χ0v) is 17.1. The van der Waals surface area contributed by atoms with E-state index in [2.05, 4.69) is 15.6 Å². The number of benzene rings is 2. The van der Waals surface area contributed by atoms with E-state index in [0.717, 1.165) is 17.1 Å². The second kappa shape index (κ2) is 9.67. The van der Waals surface area contributed by atoms with E-state index >= 15 is 0 Å². The number of guanidine groups is 1. The van der Waals surface area contributed by atoms with Crippen molar-refractivity contribution in [3.8, 4) is 11.5 Å². The highest BCUT2D eigenvalue weighted by Crippen LogP contribution is 2.30. The van der Waals surface area contributed by atoms with Crippen molar-refractivity contribution < 1.29 is 18.6 Å². The summed E-state index contributed by atoms with van der Waals surface area (Å²) in [6.45, 7) is 4.15. The number of ether oxygens (including phenoxy) is 3. The van der Waals surface area contributed by atoms with Gasteiger partial charge in [0.05, 0.1) is 25.4 Å². The van der Waals surface area contributed by atoms with Crippen molar-refractivity contribution in [1.29, 1.82) is 0 Å². The predicted octanol–water partition coefficient (Wildman–Crippen LogP) is 2.17. The van der Waals surface area contributed by atoms with E-state index in [4.69, 9.17) is 14.2 Å². The summed E-state index contributed by atoms with van der Waals surface area (Å²) in [4.78, 5) is 6.24. The first-order valence-corrected chi connectivity index (χ1v) is 10.2. The molecule has 0 radical (unpaired) electrons. The van der Waals surface area contributed by atoms with Crippen molar-refractivity contribution in [2.75, 3.05) is 51.4 Å². The number of para-hydroxylation sites is 2. The van der Waals surface area contributed by atoms with Gasteiger partial charge in [0.15, 0.2) is 17.5 Å². The van der Waals surface area contributed by atoms with Gasteiger partial charge in [-0.15, -0.1) is 0 Å². The molecule has 4 rings (SSSR count). The molecular formula is C22H27FN4O3. The van der Waals surface area contributed by atoms with Crippen LogP contribution in [0.3, 0.4) is 0 Å². The van der Waals surface area contributed by atoms with Gasteiger partial charge >= 0.3 is 0 Å². The summed E-state index contributed by atoms with van der Waals surface area (Å²) in [5.74, 6) is 1.91. The Balaban J connectivity index is 1.27. The number of rotatable bonds is 5. The van der Waals surface area contributed by atoms with Crippen LogP contribution < -0.4 is 25.0 Å². The van der Waals surface area contributed by atoms with E-state index in [1.807, 2.05) is 41.3 Å². The average Bonchev–Trinajstić information content (AvgIpc) is 2.79. The van der Waals surface area contributed by atoms with E-state index in [1.54, 1.807) is 13.1 Å². The minimum Gasteiger partial charge on any atom is -0.486 e. The first-order valence-electron chi connectivity index (χ1n) is 10.2. The van der Waals surface area contributed by atoms with E-state index in [1.165, 1.54) is 0 Å². The van der Waals surface area contributed by atoms with E-state index in [9.17, 15) is 4.39 Å². The van der Waals surface area contributed by atoms with Crippen LogP contribution >= 0.6 is 0 Å². The molecule has 1 unspecified atom stereocenters. The smallest absolute Gasteiger partial charge is 0.191 e. The maximum atomic E-state index is 14.6. The van der Waals surface area contributed by atoms with Gasteiger partial charge < -0.3 is 29.7 Å². The Hall–Kier alpha value is -3.00. The highest BCUT2D eigenvalue weighted by Gasteiger charge is 2.20. The summed E-state index contributed by atoms with van der Waals surface area (Å²) >= 11 is 0. The monoisotopic (exact) mass is 414 g/mol. The van der Waals surface area contributed by atoms with Crippen LogP contribution in [0.2, 0.25) is 0 Å². The van der Waals surface area contributed by atoms with Gasteiger partial charge in [0.1, 0.15) is 18.5 Å². The third-order valence-corrected chi connectivity index (χ3v) is 5.11. The molecule has 0 bridgehead atoms. The third kappa shape index (κ3) is 4.94. The lowest BCUT2D eigenvalue weighted by molar-refractivity contribution is 0.0936. The zero-order valence-electron chi connectivity index (χ0n) is 17.1.